The second-order valence-corrected chi connectivity index (χ2v) is 14.3. The normalized spacial score (nSPS) is 46.4. The van der Waals surface area contributed by atoms with Crippen molar-refractivity contribution in [2.75, 3.05) is 0 Å². The fourth-order valence-electron chi connectivity index (χ4n) is 11.4. The van der Waals surface area contributed by atoms with Crippen molar-refractivity contribution in [3.05, 3.63) is 217 Å². The summed E-state index contributed by atoms with van der Waals surface area (Å²) in [4.78, 5) is 12.1. The van der Waals surface area contributed by atoms with Gasteiger partial charge in [-0.2, -0.15) is 0 Å². The summed E-state index contributed by atoms with van der Waals surface area (Å²) in [5.74, 6) is 0. The molecule has 0 bridgehead atoms. The van der Waals surface area contributed by atoms with Crippen molar-refractivity contribution in [3.63, 3.8) is 0 Å². The maximum absolute atomic E-state index is 6.07. The number of rotatable bonds is 0. The molecule has 10 aliphatic carbocycles. The highest BCUT2D eigenvalue weighted by atomic mass is 15.0. The molecule has 0 saturated carbocycles. The van der Waals surface area contributed by atoms with E-state index >= 15 is 0 Å². The van der Waals surface area contributed by atoms with Gasteiger partial charge in [0.15, 0.2) is 0 Å². The van der Waals surface area contributed by atoms with Gasteiger partial charge in [0.2, 0.25) is 0 Å². The van der Waals surface area contributed by atoms with Crippen LogP contribution in [-0.4, -0.2) is 9.97 Å². The van der Waals surface area contributed by atoms with E-state index in [0.29, 0.717) is 0 Å². The third kappa shape index (κ3) is 2.16. The Bertz CT molecular complexity index is 1780. The maximum atomic E-state index is 6.07. The van der Waals surface area contributed by atoms with E-state index in [4.69, 9.17) is 9.97 Å². The Balaban J connectivity index is 1.36. The molecule has 1 aromatic rings. The quantitative estimate of drug-likeness (QED) is 0.304. The lowest BCUT2D eigenvalue weighted by Crippen LogP contribution is -2.68. The number of nitrogens with zero attached hydrogens (tertiary/aromatic N) is 2. The fraction of sp³-hybridized carbons (Fsp3) is 0.182. The second-order valence-electron chi connectivity index (χ2n) is 14.3. The number of hydrogen-bond acceptors (Lipinski definition) is 2. The number of aromatic nitrogens is 2. The van der Waals surface area contributed by atoms with Crippen molar-refractivity contribution >= 4 is 0 Å². The minimum atomic E-state index is -0.527. The molecule has 11 rings (SSSR count). The van der Waals surface area contributed by atoms with Crippen molar-refractivity contribution in [2.24, 2.45) is 21.7 Å². The van der Waals surface area contributed by atoms with Crippen LogP contribution in [0.3, 0.4) is 0 Å². The summed E-state index contributed by atoms with van der Waals surface area (Å²) in [6.45, 7) is 0. The molecule has 1 heterocycles. The zero-order valence-corrected chi connectivity index (χ0v) is 25.4. The molecule has 46 heavy (non-hydrogen) atoms. The van der Waals surface area contributed by atoms with E-state index in [9.17, 15) is 0 Å². The van der Waals surface area contributed by atoms with Crippen molar-refractivity contribution in [3.8, 4) is 0 Å². The molecule has 0 spiro atoms. The van der Waals surface area contributed by atoms with Gasteiger partial charge >= 0.3 is 0 Å². The van der Waals surface area contributed by atoms with Gasteiger partial charge in [0.05, 0.1) is 44.4 Å². The lowest BCUT2D eigenvalue weighted by molar-refractivity contribution is 0.0843. The van der Waals surface area contributed by atoms with Crippen molar-refractivity contribution in [2.45, 2.75) is 21.7 Å². The van der Waals surface area contributed by atoms with Crippen LogP contribution in [0.4, 0.5) is 0 Å². The van der Waals surface area contributed by atoms with Crippen LogP contribution in [-0.2, 0) is 21.7 Å². The van der Waals surface area contributed by atoms with Gasteiger partial charge in [0, 0.05) is 21.7 Å². The highest BCUT2D eigenvalue weighted by molar-refractivity contribution is 5.71. The molecule has 2 nitrogen and oxygen atoms in total. The second kappa shape index (κ2) is 7.65. The maximum Gasteiger partial charge on any atom is 0.0786 e. The minimum Gasteiger partial charge on any atom is -0.251 e. The molecule has 218 valence electrons. The van der Waals surface area contributed by atoms with Crippen LogP contribution >= 0.6 is 0 Å². The van der Waals surface area contributed by atoms with E-state index in [1.54, 1.807) is 0 Å². The van der Waals surface area contributed by atoms with Crippen LogP contribution in [0.2, 0.25) is 0 Å². The van der Waals surface area contributed by atoms with Crippen LogP contribution < -0.4 is 0 Å². The Hall–Kier alpha value is -5.08. The molecule has 0 atom stereocenters. The number of fused-ring (bicyclic) bond motifs is 2. The molecule has 0 saturated heterocycles. The van der Waals surface area contributed by atoms with Gasteiger partial charge in [-0.3, -0.25) is 9.97 Å². The molecular formula is C44H32N2. The third-order valence-corrected chi connectivity index (χ3v) is 13.2. The van der Waals surface area contributed by atoms with Gasteiger partial charge in [0.25, 0.3) is 0 Å². The Morgan fingerprint density at radius 3 is 0.543 bits per heavy atom. The van der Waals surface area contributed by atoms with E-state index in [1.165, 1.54) is 0 Å². The van der Waals surface area contributed by atoms with E-state index in [2.05, 4.69) is 194 Å². The first-order chi connectivity index (χ1) is 22.6. The summed E-state index contributed by atoms with van der Waals surface area (Å²) in [6.07, 6.45) is 74.1. The zero-order valence-electron chi connectivity index (χ0n) is 25.4. The average Bonchev–Trinajstić information content (AvgIpc) is 3.13. The molecule has 0 N–H and O–H groups in total. The molecular weight excluding hydrogens is 556 g/mol. The Kier molecular flexibility index (Phi) is 4.18. The average molecular weight is 589 g/mol. The van der Waals surface area contributed by atoms with E-state index in [-0.39, 0.29) is 0 Å². The third-order valence-electron chi connectivity index (χ3n) is 13.2. The van der Waals surface area contributed by atoms with Crippen LogP contribution in [0, 0.1) is 21.7 Å². The van der Waals surface area contributed by atoms with Crippen molar-refractivity contribution in [1.82, 2.24) is 9.97 Å². The highest BCUT2D eigenvalue weighted by Crippen LogP contribution is 2.76. The summed E-state index contributed by atoms with van der Waals surface area (Å²) in [5, 5.41) is 0. The lowest BCUT2D eigenvalue weighted by Gasteiger charge is -2.68. The predicted molar refractivity (Wildman–Crippen MR) is 185 cm³/mol. The predicted octanol–water partition coefficient (Wildman–Crippen LogP) is 8.41. The number of hydrogen-bond donors (Lipinski definition) is 0. The molecule has 0 amide bonds. The summed E-state index contributed by atoms with van der Waals surface area (Å²) in [5.41, 5.74) is 0.414. The summed E-state index contributed by atoms with van der Waals surface area (Å²) >= 11 is 0. The molecule has 0 unspecified atom stereocenters. The van der Waals surface area contributed by atoms with E-state index < -0.39 is 43.3 Å². The molecule has 0 fully saturated rings. The molecule has 0 aromatic carbocycles. The zero-order chi connectivity index (χ0) is 30.4. The van der Waals surface area contributed by atoms with Crippen LogP contribution in [0.5, 0.6) is 0 Å². The highest BCUT2D eigenvalue weighted by Gasteiger charge is 2.75. The molecule has 2 heteroatoms. The van der Waals surface area contributed by atoms with Crippen LogP contribution in [0.25, 0.3) is 0 Å². The van der Waals surface area contributed by atoms with Crippen molar-refractivity contribution in [1.29, 1.82) is 0 Å². The Morgan fingerprint density at radius 1 is 0.217 bits per heavy atom. The monoisotopic (exact) mass is 588 g/mol. The number of allylic oxidation sites excluding steroid dienone is 32. The Morgan fingerprint density at radius 2 is 0.370 bits per heavy atom. The van der Waals surface area contributed by atoms with Gasteiger partial charge in [-0.15, -0.1) is 0 Å². The first kappa shape index (κ1) is 25.2. The minimum absolute atomic E-state index is 0.418. The largest absolute Gasteiger partial charge is 0.251 e. The van der Waals surface area contributed by atoms with Crippen LogP contribution in [0.15, 0.2) is 194 Å². The first-order valence-electron chi connectivity index (χ1n) is 16.5. The van der Waals surface area contributed by atoms with Crippen LogP contribution in [0.1, 0.15) is 22.8 Å². The fourth-order valence-corrected chi connectivity index (χ4v) is 11.4. The topological polar surface area (TPSA) is 25.8 Å². The van der Waals surface area contributed by atoms with E-state index in [0.717, 1.165) is 22.8 Å². The van der Waals surface area contributed by atoms with Crippen molar-refractivity contribution < 1.29 is 0 Å². The Labute approximate surface area is 269 Å². The van der Waals surface area contributed by atoms with Gasteiger partial charge < -0.3 is 0 Å². The molecule has 0 aliphatic heterocycles. The van der Waals surface area contributed by atoms with Gasteiger partial charge in [0.1, 0.15) is 0 Å². The SMILES string of the molecule is C1=CC23C=CC=CC2(C=C1)C12C=CC=CC1(C=CC=C2)c1nc2c(nc13)C13C=CC=CC1(C=CC=C3)C13C=CC=CC21C=CC=C3. The molecule has 1 aromatic heterocycles. The standard InChI is InChI=1S/C44H32N2/c1-9-25-41-26-10-2-18-37(41,17-1)33-34(38-19-3-11-27-42(38,41)28-12-4-20-38)46-36-35(45-33)39-21-5-13-29-43(39,30-14-6-22-39)44-31-15-7-23-40(36,44)24-8-16-32-44/h1-32H. The van der Waals surface area contributed by atoms with Gasteiger partial charge in [-0.05, 0) is 0 Å². The summed E-state index contributed by atoms with van der Waals surface area (Å²) in [6, 6.07) is 0. The lowest BCUT2D eigenvalue weighted by atomic mass is 9.34. The van der Waals surface area contributed by atoms with Gasteiger partial charge in [-0.1, -0.05) is 194 Å². The molecule has 10 aliphatic rings. The molecule has 0 radical (unpaired) electrons. The first-order valence-corrected chi connectivity index (χ1v) is 16.5. The van der Waals surface area contributed by atoms with Gasteiger partial charge in [-0.25, -0.2) is 0 Å². The smallest absolute Gasteiger partial charge is 0.0786 e. The summed E-state index contributed by atoms with van der Waals surface area (Å²) in [7, 11) is 0. The summed E-state index contributed by atoms with van der Waals surface area (Å²) < 4.78 is 0. The van der Waals surface area contributed by atoms with E-state index in [1.807, 2.05) is 0 Å².